The molecule has 0 bridgehead atoms. The summed E-state index contributed by atoms with van der Waals surface area (Å²) in [7, 11) is 0. The Kier molecular flexibility index (Phi) is 14.6. The molecule has 0 amide bonds. The molecule has 43 heavy (non-hydrogen) atoms. The van der Waals surface area contributed by atoms with Crippen LogP contribution in [0, 0.1) is 0 Å². The third-order valence-electron chi connectivity index (χ3n) is 5.96. The molecule has 2 aromatic carbocycles. The van der Waals surface area contributed by atoms with Gasteiger partial charge in [-0.05, 0) is 37.1 Å². The van der Waals surface area contributed by atoms with Crippen molar-refractivity contribution >= 4 is 22.1 Å². The number of aromatic nitrogens is 10. The van der Waals surface area contributed by atoms with Gasteiger partial charge in [-0.3, -0.25) is 9.82 Å². The molecule has 0 N–H and O–H groups in total. The first kappa shape index (κ1) is 34.1. The second-order valence-corrected chi connectivity index (χ2v) is 8.74. The summed E-state index contributed by atoms with van der Waals surface area (Å²) in [4.78, 5) is 11.7. The van der Waals surface area contributed by atoms with Crippen LogP contribution in [0.4, 0.5) is 0 Å². The molecule has 216 valence electrons. The predicted molar refractivity (Wildman–Crippen MR) is 158 cm³/mol. The minimum Gasteiger partial charge on any atom is -0.373 e. The van der Waals surface area contributed by atoms with E-state index in [1.165, 1.54) is 9.82 Å². The Morgan fingerprint density at radius 2 is 1.00 bits per heavy atom. The number of rotatable bonds is 8. The van der Waals surface area contributed by atoms with Gasteiger partial charge in [0, 0.05) is 37.6 Å². The number of para-hydroxylation sites is 2. The van der Waals surface area contributed by atoms with Gasteiger partial charge in [-0.25, -0.2) is 19.3 Å². The van der Waals surface area contributed by atoms with Crippen LogP contribution in [0.3, 0.4) is 0 Å². The average molecular weight is 632 g/mol. The topological polar surface area (TPSA) is 214 Å². The van der Waals surface area contributed by atoms with E-state index in [0.29, 0.717) is 13.3 Å². The van der Waals surface area contributed by atoms with Crippen molar-refractivity contribution < 1.29 is 19.5 Å². The van der Waals surface area contributed by atoms with Crippen molar-refractivity contribution in [3.05, 3.63) is 117 Å². The molecular formula is C26H30N16Zn. The fraction of sp³-hybridized carbons (Fsp3) is 0.308. The van der Waals surface area contributed by atoms with Crippen LogP contribution in [0.1, 0.15) is 38.3 Å². The third-order valence-corrected chi connectivity index (χ3v) is 5.96. The van der Waals surface area contributed by atoms with E-state index < -0.39 is 0 Å². The fourth-order valence-corrected chi connectivity index (χ4v) is 4.17. The van der Waals surface area contributed by atoms with Gasteiger partial charge in [0.05, 0.1) is 11.0 Å². The maximum Gasteiger partial charge on any atom is 2.00 e. The zero-order valence-electron chi connectivity index (χ0n) is 24.0. The van der Waals surface area contributed by atoms with Crippen molar-refractivity contribution in [2.75, 3.05) is 0 Å². The van der Waals surface area contributed by atoms with E-state index in [2.05, 4.69) is 53.6 Å². The van der Waals surface area contributed by atoms with Gasteiger partial charge in [-0.2, -0.15) is 0 Å². The van der Waals surface area contributed by atoms with Gasteiger partial charge >= 0.3 is 19.5 Å². The summed E-state index contributed by atoms with van der Waals surface area (Å²) in [5.74, 6) is 2.19. The van der Waals surface area contributed by atoms with Crippen LogP contribution >= 0.6 is 0 Å². The molecule has 0 aliphatic carbocycles. The Morgan fingerprint density at radius 1 is 0.628 bits per heavy atom. The summed E-state index contributed by atoms with van der Waals surface area (Å²) in [6.45, 7) is 5.64. The summed E-state index contributed by atoms with van der Waals surface area (Å²) in [5, 5.41) is 16.7. The second kappa shape index (κ2) is 18.4. The Bertz CT molecular complexity index is 1610. The molecule has 0 aliphatic heterocycles. The van der Waals surface area contributed by atoms with E-state index in [0.717, 1.165) is 59.4 Å². The first-order valence-electron chi connectivity index (χ1n) is 13.1. The Balaban J connectivity index is 0.000000249. The quantitative estimate of drug-likeness (QED) is 0.0861. The largest absolute Gasteiger partial charge is 2.00 e. The Hall–Kier alpha value is -5.10. The number of imidazole rings is 2. The second-order valence-electron chi connectivity index (χ2n) is 8.74. The molecule has 0 atom stereocenters. The maximum atomic E-state index is 6.75. The van der Waals surface area contributed by atoms with E-state index in [1.54, 1.807) is 0 Å². The molecule has 17 heteroatoms. The summed E-state index contributed by atoms with van der Waals surface area (Å²) < 4.78 is 8.03. The average Bonchev–Trinajstić information content (AvgIpc) is 3.80. The molecule has 0 saturated carbocycles. The van der Waals surface area contributed by atoms with Crippen molar-refractivity contribution in [3.8, 4) is 0 Å². The van der Waals surface area contributed by atoms with Crippen LogP contribution < -0.4 is 0 Å². The summed E-state index contributed by atoms with van der Waals surface area (Å²) in [6.07, 6.45) is 11.8. The zero-order chi connectivity index (χ0) is 30.2. The SMILES string of the molecule is CCCc1nccn1Cn1nnc2ccccc21.CCCc1nccn1Cn1nnc2ccccc21.[N-]=[N+]=[N-].[N-]=[N+]=[N-].[Zn+2]. The van der Waals surface area contributed by atoms with Crippen molar-refractivity contribution in [3.63, 3.8) is 0 Å². The van der Waals surface area contributed by atoms with Crippen LogP contribution in [0.5, 0.6) is 0 Å². The van der Waals surface area contributed by atoms with E-state index >= 15 is 0 Å². The molecule has 0 saturated heterocycles. The van der Waals surface area contributed by atoms with Crippen molar-refractivity contribution in [2.45, 2.75) is 52.9 Å². The first-order chi connectivity index (χ1) is 20.6. The molecule has 4 aromatic heterocycles. The molecule has 4 heterocycles. The molecule has 0 aliphatic rings. The van der Waals surface area contributed by atoms with Gasteiger partial charge < -0.3 is 31.3 Å². The van der Waals surface area contributed by atoms with E-state index in [1.807, 2.05) is 82.7 Å². The van der Waals surface area contributed by atoms with Gasteiger partial charge in [-0.1, -0.05) is 48.5 Å². The molecular weight excluding hydrogens is 602 g/mol. The third kappa shape index (κ3) is 9.47. The Labute approximate surface area is 260 Å². The number of aryl methyl sites for hydroxylation is 2. The van der Waals surface area contributed by atoms with Gasteiger partial charge in [-0.15, -0.1) is 10.2 Å². The first-order valence-corrected chi connectivity index (χ1v) is 13.1. The van der Waals surface area contributed by atoms with Gasteiger partial charge in [0.25, 0.3) is 0 Å². The van der Waals surface area contributed by atoms with Crippen molar-refractivity contribution in [1.82, 2.24) is 49.1 Å². The smallest absolute Gasteiger partial charge is 0.373 e. The van der Waals surface area contributed by atoms with Crippen molar-refractivity contribution in [2.24, 2.45) is 0 Å². The monoisotopic (exact) mass is 630 g/mol. The molecule has 0 unspecified atom stereocenters. The van der Waals surface area contributed by atoms with E-state index in [-0.39, 0.29) is 19.5 Å². The van der Waals surface area contributed by atoms with Crippen LogP contribution in [-0.4, -0.2) is 49.1 Å². The van der Waals surface area contributed by atoms with Gasteiger partial charge in [0.1, 0.15) is 36.0 Å². The number of hydrogen-bond acceptors (Lipinski definition) is 6. The minimum absolute atomic E-state index is 0. The molecule has 6 aromatic rings. The number of nitrogens with zero attached hydrogens (tertiary/aromatic N) is 16. The van der Waals surface area contributed by atoms with Crippen molar-refractivity contribution in [1.29, 1.82) is 0 Å². The normalized spacial score (nSPS) is 9.72. The van der Waals surface area contributed by atoms with E-state index in [4.69, 9.17) is 22.1 Å². The molecule has 6 rings (SSSR count). The molecule has 0 spiro atoms. The van der Waals surface area contributed by atoms with Gasteiger partial charge in [0.2, 0.25) is 0 Å². The number of hydrogen-bond donors (Lipinski definition) is 0. The minimum atomic E-state index is 0. The molecule has 0 radical (unpaired) electrons. The van der Waals surface area contributed by atoms with Crippen LogP contribution in [0.2, 0.25) is 0 Å². The van der Waals surface area contributed by atoms with Gasteiger partial charge in [0.15, 0.2) is 0 Å². The van der Waals surface area contributed by atoms with Crippen LogP contribution in [-0.2, 0) is 45.7 Å². The van der Waals surface area contributed by atoms with E-state index in [9.17, 15) is 0 Å². The number of fused-ring (bicyclic) bond motifs is 2. The summed E-state index contributed by atoms with van der Waals surface area (Å²) in [5.41, 5.74) is 31.0. The molecule has 16 nitrogen and oxygen atoms in total. The molecule has 0 fully saturated rings. The summed E-state index contributed by atoms with van der Waals surface area (Å²) >= 11 is 0. The zero-order valence-corrected chi connectivity index (χ0v) is 27.0. The van der Waals surface area contributed by atoms with Crippen LogP contribution in [0.25, 0.3) is 54.0 Å². The predicted octanol–water partition coefficient (Wildman–Crippen LogP) is 5.90. The summed E-state index contributed by atoms with van der Waals surface area (Å²) in [6, 6.07) is 16.0. The maximum absolute atomic E-state index is 6.75. The Morgan fingerprint density at radius 3 is 1.37 bits per heavy atom. The number of benzene rings is 2. The standard InChI is InChI=1S/2C13H15N5.2N3.Zn/c2*1-2-5-13-14-8-9-17(13)10-18-12-7-4-3-6-11(12)15-16-18;2*1-3-2;/h2*3-4,6-9H,2,5,10H2,1H3;;;/q;;2*-1;+2. The van der Waals surface area contributed by atoms with Crippen LogP contribution in [0.15, 0.2) is 73.3 Å². The fourth-order valence-electron chi connectivity index (χ4n) is 4.17.